The Hall–Kier alpha value is -2.88. The molecule has 0 aromatic heterocycles. The summed E-state index contributed by atoms with van der Waals surface area (Å²) in [4.78, 5) is 12.9. The SMILES string of the molecule is CC(NC(=O)c1ccc(N(Cc2ccccc2Cl)S(C)(=O)=O)cc1)c1ccc(S(C)(=O)=O)cc1. The average molecular weight is 521 g/mol. The normalized spacial score (nSPS) is 12.7. The van der Waals surface area contributed by atoms with Crippen molar-refractivity contribution >= 4 is 43.1 Å². The molecule has 10 heteroatoms. The van der Waals surface area contributed by atoms with Crippen LogP contribution in [-0.2, 0) is 26.4 Å². The Labute approximate surface area is 205 Å². The number of hydrogen-bond donors (Lipinski definition) is 1. The van der Waals surface area contributed by atoms with E-state index in [1.165, 1.54) is 16.4 Å². The topological polar surface area (TPSA) is 101 Å². The molecule has 0 radical (unpaired) electrons. The van der Waals surface area contributed by atoms with Crippen LogP contribution < -0.4 is 9.62 Å². The minimum Gasteiger partial charge on any atom is -0.346 e. The molecule has 3 aromatic rings. The van der Waals surface area contributed by atoms with Gasteiger partial charge in [0.05, 0.1) is 29.4 Å². The molecule has 0 fully saturated rings. The lowest BCUT2D eigenvalue weighted by molar-refractivity contribution is 0.0940. The second kappa shape index (κ2) is 10.2. The number of amides is 1. The predicted octanol–water partition coefficient (Wildman–Crippen LogP) is 4.20. The number of anilines is 1. The van der Waals surface area contributed by atoms with Gasteiger partial charge in [0.25, 0.3) is 5.91 Å². The molecule has 0 bridgehead atoms. The number of hydrogen-bond acceptors (Lipinski definition) is 5. The molecule has 3 aromatic carbocycles. The summed E-state index contributed by atoms with van der Waals surface area (Å²) >= 11 is 6.20. The standard InChI is InChI=1S/C24H25ClN2O5S2/c1-17(18-10-14-22(15-11-18)33(2,29)30)26-24(28)19-8-12-21(13-9-19)27(34(3,31)32)16-20-6-4-5-7-23(20)25/h4-15,17H,16H2,1-3H3,(H,26,28). The number of benzene rings is 3. The van der Waals surface area contributed by atoms with Gasteiger partial charge in [0.15, 0.2) is 9.84 Å². The van der Waals surface area contributed by atoms with Gasteiger partial charge in [-0.1, -0.05) is 41.9 Å². The summed E-state index contributed by atoms with van der Waals surface area (Å²) in [6.45, 7) is 1.85. The van der Waals surface area contributed by atoms with Crippen molar-refractivity contribution in [1.29, 1.82) is 0 Å². The quantitative estimate of drug-likeness (QED) is 0.479. The van der Waals surface area contributed by atoms with Crippen molar-refractivity contribution in [3.05, 3.63) is 94.5 Å². The molecule has 1 unspecified atom stereocenters. The number of carbonyl (C=O) groups excluding carboxylic acids is 1. The van der Waals surface area contributed by atoms with E-state index in [0.717, 1.165) is 18.1 Å². The molecule has 1 N–H and O–H groups in total. The second-order valence-corrected chi connectivity index (χ2v) is 12.3. The molecule has 7 nitrogen and oxygen atoms in total. The summed E-state index contributed by atoms with van der Waals surface area (Å²) < 4.78 is 49.3. The zero-order valence-corrected chi connectivity index (χ0v) is 21.3. The summed E-state index contributed by atoms with van der Waals surface area (Å²) in [5.41, 5.74) is 2.17. The lowest BCUT2D eigenvalue weighted by atomic mass is 10.1. The van der Waals surface area contributed by atoms with E-state index in [4.69, 9.17) is 11.6 Å². The van der Waals surface area contributed by atoms with Gasteiger partial charge < -0.3 is 5.32 Å². The summed E-state index contributed by atoms with van der Waals surface area (Å²) in [5.74, 6) is -0.344. The van der Waals surface area contributed by atoms with E-state index in [-0.39, 0.29) is 23.4 Å². The molecule has 0 saturated carbocycles. The number of halogens is 1. The Morgan fingerprint density at radius 3 is 2.03 bits per heavy atom. The molecule has 1 atom stereocenters. The highest BCUT2D eigenvalue weighted by Gasteiger charge is 2.20. The smallest absolute Gasteiger partial charge is 0.251 e. The Morgan fingerprint density at radius 2 is 1.50 bits per heavy atom. The lowest BCUT2D eigenvalue weighted by Gasteiger charge is -2.23. The number of sulfone groups is 1. The Morgan fingerprint density at radius 1 is 0.912 bits per heavy atom. The van der Waals surface area contributed by atoms with Gasteiger partial charge in [-0.15, -0.1) is 0 Å². The zero-order valence-electron chi connectivity index (χ0n) is 18.9. The Bertz CT molecular complexity index is 1390. The highest BCUT2D eigenvalue weighted by Crippen LogP contribution is 2.25. The van der Waals surface area contributed by atoms with Gasteiger partial charge in [0, 0.05) is 16.8 Å². The third-order valence-electron chi connectivity index (χ3n) is 5.25. The maximum absolute atomic E-state index is 12.7. The first-order valence-corrected chi connectivity index (χ1v) is 14.4. The molecule has 0 spiro atoms. The van der Waals surface area contributed by atoms with Crippen molar-refractivity contribution in [2.24, 2.45) is 0 Å². The first-order valence-electron chi connectivity index (χ1n) is 10.3. The maximum atomic E-state index is 12.7. The fourth-order valence-corrected chi connectivity index (χ4v) is 5.03. The van der Waals surface area contributed by atoms with E-state index in [1.54, 1.807) is 67.6 Å². The fourth-order valence-electron chi connectivity index (χ4n) is 3.33. The van der Waals surface area contributed by atoms with Crippen LogP contribution in [0.2, 0.25) is 5.02 Å². The fraction of sp³-hybridized carbons (Fsp3) is 0.208. The van der Waals surface area contributed by atoms with Crippen LogP contribution in [0.25, 0.3) is 0 Å². The number of sulfonamides is 1. The minimum absolute atomic E-state index is 0.0601. The molecule has 0 aliphatic carbocycles. The summed E-state index contributed by atoms with van der Waals surface area (Å²) in [7, 11) is -6.90. The van der Waals surface area contributed by atoms with E-state index >= 15 is 0 Å². The van der Waals surface area contributed by atoms with Gasteiger partial charge in [-0.3, -0.25) is 9.10 Å². The molecular formula is C24H25ClN2O5S2. The van der Waals surface area contributed by atoms with Crippen LogP contribution in [0.5, 0.6) is 0 Å². The molecular weight excluding hydrogens is 496 g/mol. The van der Waals surface area contributed by atoms with E-state index < -0.39 is 19.9 Å². The van der Waals surface area contributed by atoms with Crippen LogP contribution in [0.4, 0.5) is 5.69 Å². The molecule has 0 saturated heterocycles. The Balaban J connectivity index is 1.75. The van der Waals surface area contributed by atoms with Gasteiger partial charge in [-0.25, -0.2) is 16.8 Å². The third-order valence-corrected chi connectivity index (χ3v) is 7.88. The minimum atomic E-state index is -3.60. The van der Waals surface area contributed by atoms with Crippen LogP contribution in [0.15, 0.2) is 77.7 Å². The van der Waals surface area contributed by atoms with E-state index in [9.17, 15) is 21.6 Å². The molecule has 0 aliphatic heterocycles. The highest BCUT2D eigenvalue weighted by molar-refractivity contribution is 7.92. The van der Waals surface area contributed by atoms with Crippen molar-refractivity contribution in [3.8, 4) is 0 Å². The van der Waals surface area contributed by atoms with Gasteiger partial charge in [0.2, 0.25) is 10.0 Å². The van der Waals surface area contributed by atoms with Crippen LogP contribution in [0, 0.1) is 0 Å². The van der Waals surface area contributed by atoms with Crippen LogP contribution in [0.3, 0.4) is 0 Å². The third kappa shape index (κ3) is 6.37. The largest absolute Gasteiger partial charge is 0.346 e. The van der Waals surface area contributed by atoms with E-state index in [0.29, 0.717) is 21.8 Å². The van der Waals surface area contributed by atoms with Crippen molar-refractivity contribution in [3.63, 3.8) is 0 Å². The number of carbonyl (C=O) groups is 1. The van der Waals surface area contributed by atoms with Crippen LogP contribution in [0.1, 0.15) is 34.5 Å². The lowest BCUT2D eigenvalue weighted by Crippen LogP contribution is -2.30. The molecule has 3 rings (SSSR count). The van der Waals surface area contributed by atoms with Crippen LogP contribution >= 0.6 is 11.6 Å². The Kier molecular flexibility index (Phi) is 7.70. The summed E-state index contributed by atoms with van der Waals surface area (Å²) in [5, 5.41) is 3.32. The first-order chi connectivity index (χ1) is 15.9. The number of nitrogens with one attached hydrogen (secondary N) is 1. The zero-order chi connectivity index (χ0) is 25.1. The highest BCUT2D eigenvalue weighted by atomic mass is 35.5. The molecule has 34 heavy (non-hydrogen) atoms. The van der Waals surface area contributed by atoms with Gasteiger partial charge in [0.1, 0.15) is 0 Å². The van der Waals surface area contributed by atoms with Crippen LogP contribution in [-0.4, -0.2) is 35.3 Å². The van der Waals surface area contributed by atoms with Crippen molar-refractivity contribution in [2.75, 3.05) is 16.8 Å². The first kappa shape index (κ1) is 25.7. The molecule has 0 heterocycles. The van der Waals surface area contributed by atoms with Gasteiger partial charge in [-0.2, -0.15) is 0 Å². The number of rotatable bonds is 8. The summed E-state index contributed by atoms with van der Waals surface area (Å²) in [6.07, 6.45) is 2.25. The van der Waals surface area contributed by atoms with E-state index in [2.05, 4.69) is 5.32 Å². The maximum Gasteiger partial charge on any atom is 0.251 e. The van der Waals surface area contributed by atoms with Crippen molar-refractivity contribution < 1.29 is 21.6 Å². The predicted molar refractivity (Wildman–Crippen MR) is 134 cm³/mol. The second-order valence-electron chi connectivity index (χ2n) is 7.94. The average Bonchev–Trinajstić information content (AvgIpc) is 2.77. The molecule has 1 amide bonds. The van der Waals surface area contributed by atoms with Crippen molar-refractivity contribution in [2.45, 2.75) is 24.4 Å². The van der Waals surface area contributed by atoms with Crippen molar-refractivity contribution in [1.82, 2.24) is 5.32 Å². The summed E-state index contributed by atoms with van der Waals surface area (Å²) in [6, 6.07) is 19.2. The monoisotopic (exact) mass is 520 g/mol. The molecule has 180 valence electrons. The van der Waals surface area contributed by atoms with E-state index in [1.807, 2.05) is 0 Å². The molecule has 0 aliphatic rings. The van der Waals surface area contributed by atoms with Gasteiger partial charge in [-0.05, 0) is 60.5 Å². The van der Waals surface area contributed by atoms with Gasteiger partial charge >= 0.3 is 0 Å². The number of nitrogens with zero attached hydrogens (tertiary/aromatic N) is 1.